The average molecular weight is 426 g/mol. The van der Waals surface area contributed by atoms with E-state index in [4.69, 9.17) is 4.74 Å². The molecule has 2 aromatic carbocycles. The van der Waals surface area contributed by atoms with Gasteiger partial charge in [0, 0.05) is 5.56 Å². The van der Waals surface area contributed by atoms with Crippen molar-refractivity contribution in [2.45, 2.75) is 12.5 Å². The number of aliphatic hydroxyl groups excluding tert-OH is 1. The molecule has 0 aliphatic carbocycles. The Morgan fingerprint density at radius 1 is 1.17 bits per heavy atom. The number of carbonyl (C=O) groups excluding carboxylic acids is 3. The van der Waals surface area contributed by atoms with Gasteiger partial charge < -0.3 is 15.2 Å². The van der Waals surface area contributed by atoms with Crippen molar-refractivity contribution in [3.05, 3.63) is 70.6 Å². The summed E-state index contributed by atoms with van der Waals surface area (Å²) in [5, 5.41) is 11.7. The highest BCUT2D eigenvalue weighted by Crippen LogP contribution is 2.33. The molecule has 8 heteroatoms. The minimum Gasteiger partial charge on any atom is -0.496 e. The Balaban J connectivity index is 1.64. The second kappa shape index (κ2) is 10.1. The molecule has 3 rings (SSSR count). The maximum Gasteiger partial charge on any atom is 0.294 e. The number of rotatable bonds is 8. The molecule has 30 heavy (non-hydrogen) atoms. The standard InChI is InChI=1S/C22H22N2O5S/c1-29-18-10-6-5-9-16(18)12-19-21(27)24(22(28)30-19)13-20(26)23-17(14-25)11-15-7-3-2-4-8-15/h2-10,12,17,25H,11,13-14H2,1H3,(H,23,26)/b19-12+/t17-/m0/s1. The second-order valence-corrected chi connectivity index (χ2v) is 7.64. The number of imide groups is 1. The van der Waals surface area contributed by atoms with Gasteiger partial charge in [0.2, 0.25) is 5.91 Å². The summed E-state index contributed by atoms with van der Waals surface area (Å²) in [5.74, 6) is -0.464. The number of benzene rings is 2. The third kappa shape index (κ3) is 5.28. The highest BCUT2D eigenvalue weighted by Gasteiger charge is 2.36. The highest BCUT2D eigenvalue weighted by atomic mass is 32.2. The van der Waals surface area contributed by atoms with Gasteiger partial charge in [-0.05, 0) is 35.9 Å². The van der Waals surface area contributed by atoms with E-state index in [9.17, 15) is 19.5 Å². The monoisotopic (exact) mass is 426 g/mol. The fourth-order valence-electron chi connectivity index (χ4n) is 3.04. The number of nitrogens with zero attached hydrogens (tertiary/aromatic N) is 1. The summed E-state index contributed by atoms with van der Waals surface area (Å²) in [7, 11) is 1.52. The SMILES string of the molecule is COc1ccccc1/C=C1/SC(=O)N(CC(=O)N[C@H](CO)Cc2ccccc2)C1=O. The predicted octanol–water partition coefficient (Wildman–Crippen LogP) is 2.45. The third-order valence-corrected chi connectivity index (χ3v) is 5.42. The fraction of sp³-hybridized carbons (Fsp3) is 0.227. The van der Waals surface area contributed by atoms with E-state index in [2.05, 4.69) is 5.32 Å². The van der Waals surface area contributed by atoms with Crippen LogP contribution in [0.1, 0.15) is 11.1 Å². The second-order valence-electron chi connectivity index (χ2n) is 6.65. The van der Waals surface area contributed by atoms with Gasteiger partial charge in [0.05, 0.1) is 24.7 Å². The Kier molecular flexibility index (Phi) is 7.26. The number of carbonyl (C=O) groups is 3. The predicted molar refractivity (Wildman–Crippen MR) is 115 cm³/mol. The van der Waals surface area contributed by atoms with Crippen LogP contribution in [0.2, 0.25) is 0 Å². The van der Waals surface area contributed by atoms with Crippen molar-refractivity contribution in [3.63, 3.8) is 0 Å². The van der Waals surface area contributed by atoms with E-state index in [0.29, 0.717) is 17.7 Å². The number of para-hydroxylation sites is 1. The van der Waals surface area contributed by atoms with Crippen LogP contribution < -0.4 is 10.1 Å². The van der Waals surface area contributed by atoms with Gasteiger partial charge >= 0.3 is 0 Å². The molecule has 0 radical (unpaired) electrons. The quantitative estimate of drug-likeness (QED) is 0.630. The molecule has 156 valence electrons. The van der Waals surface area contributed by atoms with Crippen LogP contribution in [0.15, 0.2) is 59.5 Å². The summed E-state index contributed by atoms with van der Waals surface area (Å²) in [6.45, 7) is -0.657. The Morgan fingerprint density at radius 3 is 2.57 bits per heavy atom. The Hall–Kier alpha value is -3.10. The zero-order valence-corrected chi connectivity index (χ0v) is 17.2. The Morgan fingerprint density at radius 2 is 1.87 bits per heavy atom. The molecule has 0 unspecified atom stereocenters. The minimum atomic E-state index is -0.533. The van der Waals surface area contributed by atoms with Crippen molar-refractivity contribution in [1.82, 2.24) is 10.2 Å². The molecule has 1 aliphatic heterocycles. The van der Waals surface area contributed by atoms with E-state index in [-0.39, 0.29) is 11.5 Å². The van der Waals surface area contributed by atoms with Crippen molar-refractivity contribution in [2.24, 2.45) is 0 Å². The molecule has 2 aromatic rings. The maximum atomic E-state index is 12.6. The normalized spacial score (nSPS) is 16.1. The summed E-state index contributed by atoms with van der Waals surface area (Å²) in [6, 6.07) is 16.0. The fourth-order valence-corrected chi connectivity index (χ4v) is 3.87. The number of hydrogen-bond donors (Lipinski definition) is 2. The lowest BCUT2D eigenvalue weighted by molar-refractivity contribution is -0.129. The van der Waals surface area contributed by atoms with Gasteiger partial charge in [0.25, 0.3) is 11.1 Å². The lowest BCUT2D eigenvalue weighted by atomic mass is 10.1. The molecule has 1 fully saturated rings. The summed E-state index contributed by atoms with van der Waals surface area (Å²) in [5.41, 5.74) is 1.63. The number of aliphatic hydroxyl groups is 1. The van der Waals surface area contributed by atoms with Crippen molar-refractivity contribution < 1.29 is 24.2 Å². The first-order valence-electron chi connectivity index (χ1n) is 9.34. The summed E-state index contributed by atoms with van der Waals surface area (Å²) < 4.78 is 5.26. The first kappa shape index (κ1) is 21.6. The van der Waals surface area contributed by atoms with Crippen LogP contribution >= 0.6 is 11.8 Å². The molecule has 2 N–H and O–H groups in total. The van der Waals surface area contributed by atoms with Gasteiger partial charge in [-0.3, -0.25) is 19.3 Å². The van der Waals surface area contributed by atoms with E-state index >= 15 is 0 Å². The molecule has 0 spiro atoms. The number of nitrogens with one attached hydrogen (secondary N) is 1. The van der Waals surface area contributed by atoms with Gasteiger partial charge in [0.1, 0.15) is 12.3 Å². The van der Waals surface area contributed by atoms with Crippen LogP contribution in [-0.2, 0) is 16.0 Å². The van der Waals surface area contributed by atoms with E-state index in [1.54, 1.807) is 30.3 Å². The molecule has 0 bridgehead atoms. The van der Waals surface area contributed by atoms with Gasteiger partial charge in [-0.1, -0.05) is 48.5 Å². The van der Waals surface area contributed by atoms with Crippen LogP contribution in [-0.4, -0.2) is 53.4 Å². The molecule has 3 amide bonds. The smallest absolute Gasteiger partial charge is 0.294 e. The average Bonchev–Trinajstić information content (AvgIpc) is 3.01. The molecule has 1 aliphatic rings. The third-order valence-electron chi connectivity index (χ3n) is 4.51. The van der Waals surface area contributed by atoms with Gasteiger partial charge in [-0.15, -0.1) is 0 Å². The molecule has 1 saturated heterocycles. The summed E-state index contributed by atoms with van der Waals surface area (Å²) in [4.78, 5) is 38.5. The van der Waals surface area contributed by atoms with Crippen LogP contribution in [0.5, 0.6) is 5.75 Å². The lowest BCUT2D eigenvalue weighted by Gasteiger charge is -2.18. The molecular weight excluding hydrogens is 404 g/mol. The molecule has 0 saturated carbocycles. The molecule has 1 atom stereocenters. The molecule has 1 heterocycles. The van der Waals surface area contributed by atoms with E-state index in [1.165, 1.54) is 7.11 Å². The molecule has 7 nitrogen and oxygen atoms in total. The van der Waals surface area contributed by atoms with Crippen LogP contribution in [0.4, 0.5) is 4.79 Å². The number of amides is 3. The van der Waals surface area contributed by atoms with Gasteiger partial charge in [-0.2, -0.15) is 0 Å². The van der Waals surface area contributed by atoms with Crippen molar-refractivity contribution in [3.8, 4) is 5.75 Å². The number of hydrogen-bond acceptors (Lipinski definition) is 6. The minimum absolute atomic E-state index is 0.222. The van der Waals surface area contributed by atoms with Gasteiger partial charge in [0.15, 0.2) is 0 Å². The zero-order chi connectivity index (χ0) is 21.5. The maximum absolute atomic E-state index is 12.6. The number of ether oxygens (including phenoxy) is 1. The van der Waals surface area contributed by atoms with E-state index < -0.39 is 29.6 Å². The van der Waals surface area contributed by atoms with E-state index in [1.807, 2.05) is 30.3 Å². The van der Waals surface area contributed by atoms with E-state index in [0.717, 1.165) is 22.2 Å². The van der Waals surface area contributed by atoms with Crippen molar-refractivity contribution in [2.75, 3.05) is 20.3 Å². The lowest BCUT2D eigenvalue weighted by Crippen LogP contribution is -2.45. The van der Waals surface area contributed by atoms with Crippen molar-refractivity contribution in [1.29, 1.82) is 0 Å². The number of thioether (sulfide) groups is 1. The summed E-state index contributed by atoms with van der Waals surface area (Å²) in [6.07, 6.45) is 2.02. The van der Waals surface area contributed by atoms with Crippen LogP contribution in [0.3, 0.4) is 0 Å². The first-order valence-corrected chi connectivity index (χ1v) is 10.2. The summed E-state index contributed by atoms with van der Waals surface area (Å²) >= 11 is 0.779. The van der Waals surface area contributed by atoms with Crippen LogP contribution in [0.25, 0.3) is 6.08 Å². The zero-order valence-electron chi connectivity index (χ0n) is 16.4. The van der Waals surface area contributed by atoms with Gasteiger partial charge in [-0.25, -0.2) is 0 Å². The van der Waals surface area contributed by atoms with Crippen molar-refractivity contribution >= 4 is 34.9 Å². The largest absolute Gasteiger partial charge is 0.496 e. The Bertz CT molecular complexity index is 961. The number of methoxy groups -OCH3 is 1. The Labute approximate surface area is 178 Å². The molecule has 0 aromatic heterocycles. The molecular formula is C22H22N2O5S. The topological polar surface area (TPSA) is 95.9 Å². The first-order chi connectivity index (χ1) is 14.5. The van der Waals surface area contributed by atoms with Crippen LogP contribution in [0, 0.1) is 0 Å². The highest BCUT2D eigenvalue weighted by molar-refractivity contribution is 8.18.